The first-order valence-corrected chi connectivity index (χ1v) is 14.9. The van der Waals surface area contributed by atoms with Gasteiger partial charge in [-0.2, -0.15) is 0 Å². The number of amides is 3. The molecule has 0 aliphatic heterocycles. The maximum absolute atomic E-state index is 13.3. The third-order valence-electron chi connectivity index (χ3n) is 6.24. The molecule has 3 N–H and O–H groups in total. The van der Waals surface area contributed by atoms with Crippen LogP contribution in [0, 0.1) is 0 Å². The van der Waals surface area contributed by atoms with E-state index in [4.69, 9.17) is 32.7 Å². The van der Waals surface area contributed by atoms with Gasteiger partial charge in [0.2, 0.25) is 5.91 Å². The summed E-state index contributed by atoms with van der Waals surface area (Å²) in [5.74, 6) is -0.333. The molecule has 226 valence electrons. The number of nitrogens with one attached hydrogen (secondary N) is 3. The largest absolute Gasteiger partial charge is 0.495 e. The number of halogens is 2. The molecule has 1 atom stereocenters. The maximum Gasteiger partial charge on any atom is 0.272 e. The van der Waals surface area contributed by atoms with E-state index < -0.39 is 17.1 Å². The lowest BCUT2D eigenvalue weighted by Crippen LogP contribution is -2.30. The number of thioether (sulfide) groups is 1. The molecule has 0 aliphatic carbocycles. The molecule has 3 amide bonds. The van der Waals surface area contributed by atoms with E-state index in [0.29, 0.717) is 44.0 Å². The van der Waals surface area contributed by atoms with Crippen LogP contribution in [-0.2, 0) is 9.59 Å². The highest BCUT2D eigenvalue weighted by molar-refractivity contribution is 8.00. The van der Waals surface area contributed by atoms with E-state index in [2.05, 4.69) is 16.0 Å². The van der Waals surface area contributed by atoms with Crippen LogP contribution in [0.4, 0.5) is 11.4 Å². The van der Waals surface area contributed by atoms with Gasteiger partial charge in [-0.05, 0) is 73.2 Å². The third kappa shape index (κ3) is 8.79. The van der Waals surface area contributed by atoms with Crippen LogP contribution in [0.3, 0.4) is 0 Å². The smallest absolute Gasteiger partial charge is 0.272 e. The van der Waals surface area contributed by atoms with E-state index >= 15 is 0 Å². The van der Waals surface area contributed by atoms with E-state index in [0.717, 1.165) is 4.90 Å². The van der Waals surface area contributed by atoms with Crippen molar-refractivity contribution in [3.8, 4) is 11.5 Å². The first-order valence-electron chi connectivity index (χ1n) is 13.3. The average molecular weight is 651 g/mol. The number of carbonyl (C=O) groups excluding carboxylic acids is 3. The molecule has 4 aromatic rings. The lowest BCUT2D eigenvalue weighted by atomic mass is 10.1. The van der Waals surface area contributed by atoms with Crippen molar-refractivity contribution in [2.75, 3.05) is 24.9 Å². The van der Waals surface area contributed by atoms with Crippen molar-refractivity contribution in [3.63, 3.8) is 0 Å². The number of hydrogen-bond acceptors (Lipinski definition) is 6. The van der Waals surface area contributed by atoms with Crippen LogP contribution in [0.25, 0.3) is 6.08 Å². The van der Waals surface area contributed by atoms with Gasteiger partial charge in [0.1, 0.15) is 17.2 Å². The Kier molecular flexibility index (Phi) is 11.3. The van der Waals surface area contributed by atoms with E-state index in [1.165, 1.54) is 26.0 Å². The number of rotatable bonds is 11. The Morgan fingerprint density at radius 2 is 1.48 bits per heavy atom. The zero-order valence-corrected chi connectivity index (χ0v) is 26.3. The molecule has 8 nitrogen and oxygen atoms in total. The minimum Gasteiger partial charge on any atom is -0.495 e. The Balaban J connectivity index is 1.43. The van der Waals surface area contributed by atoms with Gasteiger partial charge >= 0.3 is 0 Å². The first kappa shape index (κ1) is 32.5. The van der Waals surface area contributed by atoms with E-state index in [9.17, 15) is 14.4 Å². The summed E-state index contributed by atoms with van der Waals surface area (Å²) in [5.41, 5.74) is 2.08. The van der Waals surface area contributed by atoms with E-state index in [1.807, 2.05) is 0 Å². The van der Waals surface area contributed by atoms with Crippen LogP contribution < -0.4 is 25.4 Å². The van der Waals surface area contributed by atoms with Crippen molar-refractivity contribution >= 4 is 70.1 Å². The summed E-state index contributed by atoms with van der Waals surface area (Å²) in [6, 6.07) is 25.7. The second kappa shape index (κ2) is 15.3. The van der Waals surface area contributed by atoms with Crippen molar-refractivity contribution < 1.29 is 23.9 Å². The normalized spacial score (nSPS) is 11.7. The summed E-state index contributed by atoms with van der Waals surface area (Å²) in [7, 11) is 2.99. The molecule has 1 unspecified atom stereocenters. The summed E-state index contributed by atoms with van der Waals surface area (Å²) in [6.45, 7) is 1.77. The van der Waals surface area contributed by atoms with Gasteiger partial charge in [-0.3, -0.25) is 14.4 Å². The van der Waals surface area contributed by atoms with Crippen LogP contribution in [0.1, 0.15) is 22.8 Å². The van der Waals surface area contributed by atoms with E-state index in [-0.39, 0.29) is 11.6 Å². The van der Waals surface area contributed by atoms with Crippen LogP contribution in [-0.4, -0.2) is 37.2 Å². The van der Waals surface area contributed by atoms with Crippen molar-refractivity contribution in [1.82, 2.24) is 5.32 Å². The summed E-state index contributed by atoms with van der Waals surface area (Å²) >= 11 is 13.6. The van der Waals surface area contributed by atoms with Crippen molar-refractivity contribution in [3.05, 3.63) is 118 Å². The number of hydrogen-bond donors (Lipinski definition) is 3. The predicted octanol–water partition coefficient (Wildman–Crippen LogP) is 7.54. The zero-order valence-electron chi connectivity index (χ0n) is 24.0. The highest BCUT2D eigenvalue weighted by Crippen LogP contribution is 2.36. The fraction of sp³-hybridized carbons (Fsp3) is 0.121. The van der Waals surface area contributed by atoms with Gasteiger partial charge in [-0.15, -0.1) is 11.8 Å². The Bertz CT molecular complexity index is 1660. The van der Waals surface area contributed by atoms with Gasteiger partial charge < -0.3 is 25.4 Å². The minimum absolute atomic E-state index is 0.0546. The molecule has 0 heterocycles. The molecule has 0 saturated carbocycles. The van der Waals surface area contributed by atoms with Gasteiger partial charge in [0.25, 0.3) is 11.8 Å². The molecule has 11 heteroatoms. The summed E-state index contributed by atoms with van der Waals surface area (Å²) in [5, 5.41) is 8.80. The standard InChI is InChI=1S/C33H29Cl2N3O5S/c1-20(31(39)37-27-18-26(35)29(42-2)19-30(27)43-3)44-25-15-13-24(14-16-25)36-33(41)28(17-21-9-11-23(34)12-10-21)38-32(40)22-7-5-4-6-8-22/h4-20H,1-3H3,(H,36,41)(H,37,39)(H,38,40)/b28-17-. The van der Waals surface area contributed by atoms with E-state index in [1.54, 1.807) is 104 Å². The summed E-state index contributed by atoms with van der Waals surface area (Å²) in [6.07, 6.45) is 1.57. The van der Waals surface area contributed by atoms with Gasteiger partial charge in [0.15, 0.2) is 0 Å². The number of carbonyl (C=O) groups is 3. The second-order valence-corrected chi connectivity index (χ2v) is 11.6. The molecule has 0 fully saturated rings. The third-order valence-corrected chi connectivity index (χ3v) is 7.90. The lowest BCUT2D eigenvalue weighted by Gasteiger charge is -2.16. The molecule has 44 heavy (non-hydrogen) atoms. The topological polar surface area (TPSA) is 106 Å². The van der Waals surface area contributed by atoms with Crippen molar-refractivity contribution in [1.29, 1.82) is 0 Å². The molecule has 4 aromatic carbocycles. The van der Waals surface area contributed by atoms with Crippen LogP contribution in [0.15, 0.2) is 102 Å². The number of anilines is 2. The van der Waals surface area contributed by atoms with Gasteiger partial charge in [0, 0.05) is 27.2 Å². The maximum atomic E-state index is 13.3. The number of methoxy groups -OCH3 is 2. The monoisotopic (exact) mass is 649 g/mol. The van der Waals surface area contributed by atoms with Crippen molar-refractivity contribution in [2.45, 2.75) is 17.1 Å². The molecule has 0 spiro atoms. The molecular formula is C33H29Cl2N3O5S. The van der Waals surface area contributed by atoms with Gasteiger partial charge in [0.05, 0.1) is 30.2 Å². The van der Waals surface area contributed by atoms with Gasteiger partial charge in [-0.25, -0.2) is 0 Å². The fourth-order valence-corrected chi connectivity index (χ4v) is 5.17. The first-order chi connectivity index (χ1) is 21.2. The summed E-state index contributed by atoms with van der Waals surface area (Å²) in [4.78, 5) is 39.9. The lowest BCUT2D eigenvalue weighted by molar-refractivity contribution is -0.115. The van der Waals surface area contributed by atoms with Crippen LogP contribution in [0.2, 0.25) is 10.0 Å². The predicted molar refractivity (Wildman–Crippen MR) is 177 cm³/mol. The van der Waals surface area contributed by atoms with Crippen molar-refractivity contribution in [2.24, 2.45) is 0 Å². The Labute approximate surface area is 269 Å². The molecular weight excluding hydrogens is 621 g/mol. The molecule has 4 rings (SSSR count). The second-order valence-electron chi connectivity index (χ2n) is 9.34. The molecule has 0 saturated heterocycles. The number of benzene rings is 4. The Hall–Kier alpha value is -4.44. The molecule has 0 radical (unpaired) electrons. The number of ether oxygens (including phenoxy) is 2. The van der Waals surface area contributed by atoms with Gasteiger partial charge in [-0.1, -0.05) is 53.5 Å². The zero-order chi connectivity index (χ0) is 31.6. The molecule has 0 aromatic heterocycles. The fourth-order valence-electron chi connectivity index (χ4n) is 3.93. The molecule has 0 aliphatic rings. The van der Waals surface area contributed by atoms with Crippen LogP contribution >= 0.6 is 35.0 Å². The minimum atomic E-state index is -0.510. The quantitative estimate of drug-likeness (QED) is 0.114. The summed E-state index contributed by atoms with van der Waals surface area (Å²) < 4.78 is 10.6. The van der Waals surface area contributed by atoms with Crippen LogP contribution in [0.5, 0.6) is 11.5 Å². The highest BCUT2D eigenvalue weighted by atomic mass is 35.5. The SMILES string of the molecule is COc1cc(OC)c(NC(=O)C(C)Sc2ccc(NC(=O)/C(=C/c3ccc(Cl)cc3)NC(=O)c3ccccc3)cc2)cc1Cl. The molecule has 0 bridgehead atoms. The Morgan fingerprint density at radius 1 is 0.818 bits per heavy atom. The Morgan fingerprint density at radius 3 is 2.11 bits per heavy atom. The highest BCUT2D eigenvalue weighted by Gasteiger charge is 2.19. The average Bonchev–Trinajstić information content (AvgIpc) is 3.03.